The van der Waals surface area contributed by atoms with Crippen LogP contribution < -0.4 is 15.9 Å². The van der Waals surface area contributed by atoms with Gasteiger partial charge in [-0.3, -0.25) is 4.98 Å². The van der Waals surface area contributed by atoms with Crippen molar-refractivity contribution >= 4 is 17.8 Å². The predicted molar refractivity (Wildman–Crippen MR) is 81.9 cm³/mol. The van der Waals surface area contributed by atoms with E-state index in [0.717, 1.165) is 35.8 Å². The lowest BCUT2D eigenvalue weighted by molar-refractivity contribution is 0.352. The Labute approximate surface area is 119 Å². The summed E-state index contributed by atoms with van der Waals surface area (Å²) in [6.07, 6.45) is 10.8. The third-order valence-electron chi connectivity index (χ3n) is 3.90. The molecule has 0 bridgehead atoms. The first-order valence-corrected chi connectivity index (χ1v) is 7.35. The van der Waals surface area contributed by atoms with Gasteiger partial charge in [-0.15, -0.1) is 0 Å². The molecule has 0 unspecified atom stereocenters. The third kappa shape index (κ3) is 3.02. The molecule has 0 aromatic carbocycles. The van der Waals surface area contributed by atoms with E-state index in [1.165, 1.54) is 25.9 Å². The van der Waals surface area contributed by atoms with E-state index < -0.39 is 0 Å². The van der Waals surface area contributed by atoms with Gasteiger partial charge in [0.05, 0.1) is 5.35 Å². The fraction of sp³-hybridized carbons (Fsp3) is 0.438. The van der Waals surface area contributed by atoms with Crippen LogP contribution in [0.3, 0.4) is 0 Å². The van der Waals surface area contributed by atoms with Crippen molar-refractivity contribution in [3.8, 4) is 0 Å². The number of hydrogen-bond acceptors (Lipinski definition) is 4. The van der Waals surface area contributed by atoms with Crippen LogP contribution in [0.15, 0.2) is 24.1 Å². The first kappa shape index (κ1) is 13.2. The molecule has 4 heteroatoms. The van der Waals surface area contributed by atoms with Crippen LogP contribution in [0.25, 0.3) is 12.2 Å². The van der Waals surface area contributed by atoms with Gasteiger partial charge >= 0.3 is 0 Å². The van der Waals surface area contributed by atoms with Crippen molar-refractivity contribution in [2.24, 2.45) is 0 Å². The monoisotopic (exact) mass is 271 g/mol. The van der Waals surface area contributed by atoms with E-state index >= 15 is 0 Å². The molecule has 1 aromatic heterocycles. The number of rotatable bonds is 4. The molecule has 0 amide bonds. The van der Waals surface area contributed by atoms with Crippen LogP contribution in [-0.4, -0.2) is 41.2 Å². The Morgan fingerprint density at radius 1 is 1.25 bits per heavy atom. The zero-order chi connectivity index (χ0) is 13.8. The normalized spacial score (nSPS) is 18.5. The largest absolute Gasteiger partial charge is 0.508 e. The maximum absolute atomic E-state index is 9.66. The summed E-state index contributed by atoms with van der Waals surface area (Å²) in [6, 6.07) is 2.01. The topological polar surface area (TPSA) is 48.4 Å². The maximum atomic E-state index is 9.66. The zero-order valence-corrected chi connectivity index (χ0v) is 11.7. The summed E-state index contributed by atoms with van der Waals surface area (Å²) in [5.74, 6) is 0.293. The molecule has 1 saturated heterocycles. The first-order chi connectivity index (χ1) is 9.83. The molecule has 1 aliphatic heterocycles. The average molecular weight is 271 g/mol. The second-order valence-corrected chi connectivity index (χ2v) is 5.35. The van der Waals surface area contributed by atoms with Crippen molar-refractivity contribution in [1.82, 2.24) is 9.88 Å². The maximum Gasteiger partial charge on any atom is 0.114 e. The van der Waals surface area contributed by atoms with E-state index in [4.69, 9.17) is 0 Å². The highest BCUT2D eigenvalue weighted by molar-refractivity contribution is 5.54. The highest BCUT2D eigenvalue weighted by Crippen LogP contribution is 2.06. The molecule has 106 valence electrons. The van der Waals surface area contributed by atoms with Crippen LogP contribution in [0.2, 0.25) is 0 Å². The number of nitrogens with one attached hydrogen (secondary N) is 1. The molecule has 2 heterocycles. The van der Waals surface area contributed by atoms with Gasteiger partial charge in [0.15, 0.2) is 0 Å². The van der Waals surface area contributed by atoms with Gasteiger partial charge < -0.3 is 15.3 Å². The molecule has 3 rings (SSSR count). The van der Waals surface area contributed by atoms with E-state index in [1.54, 1.807) is 18.3 Å². The van der Waals surface area contributed by atoms with Crippen LogP contribution >= 0.6 is 0 Å². The number of fused-ring (bicyclic) bond motifs is 1. The predicted octanol–water partition coefficient (Wildman–Crippen LogP) is 0.996. The van der Waals surface area contributed by atoms with Gasteiger partial charge in [0, 0.05) is 36.3 Å². The molecule has 1 aromatic rings. The van der Waals surface area contributed by atoms with Gasteiger partial charge in [-0.2, -0.15) is 0 Å². The van der Waals surface area contributed by atoms with Crippen molar-refractivity contribution < 1.29 is 5.11 Å². The lowest BCUT2D eigenvalue weighted by Crippen LogP contribution is -2.33. The minimum atomic E-state index is 0.293. The highest BCUT2D eigenvalue weighted by atomic mass is 16.3. The van der Waals surface area contributed by atoms with E-state index in [9.17, 15) is 5.11 Å². The quantitative estimate of drug-likeness (QED) is 0.857. The van der Waals surface area contributed by atoms with E-state index in [1.807, 2.05) is 6.07 Å². The summed E-state index contributed by atoms with van der Waals surface area (Å²) in [5, 5.41) is 15.1. The molecule has 1 fully saturated rings. The number of likely N-dealkylation sites (tertiary alicyclic amines) is 1. The number of aliphatic hydroxyl groups is 1. The van der Waals surface area contributed by atoms with Gasteiger partial charge in [0.1, 0.15) is 5.76 Å². The summed E-state index contributed by atoms with van der Waals surface area (Å²) < 4.78 is 0. The van der Waals surface area contributed by atoms with E-state index in [0.29, 0.717) is 5.76 Å². The number of anilines is 1. The minimum absolute atomic E-state index is 0.293. The minimum Gasteiger partial charge on any atom is -0.508 e. The number of nitrogens with zero attached hydrogens (tertiary/aromatic N) is 2. The molecule has 0 atom stereocenters. The molecule has 0 spiro atoms. The summed E-state index contributed by atoms with van der Waals surface area (Å²) in [6.45, 7) is 4.50. The molecule has 1 aliphatic carbocycles. The van der Waals surface area contributed by atoms with E-state index in [-0.39, 0.29) is 0 Å². The second kappa shape index (κ2) is 6.09. The molecule has 2 aliphatic rings. The van der Waals surface area contributed by atoms with Crippen LogP contribution in [0.4, 0.5) is 5.69 Å². The molecule has 2 N–H and O–H groups in total. The summed E-state index contributed by atoms with van der Waals surface area (Å²) in [5.41, 5.74) is 1.11. The molecule has 20 heavy (non-hydrogen) atoms. The molecule has 4 nitrogen and oxygen atoms in total. The van der Waals surface area contributed by atoms with Crippen molar-refractivity contribution in [3.05, 3.63) is 34.7 Å². The molecular weight excluding hydrogens is 250 g/mol. The van der Waals surface area contributed by atoms with Crippen molar-refractivity contribution in [3.63, 3.8) is 0 Å². The summed E-state index contributed by atoms with van der Waals surface area (Å²) >= 11 is 0. The number of allylic oxidation sites excluding steroid dienone is 2. The van der Waals surface area contributed by atoms with E-state index in [2.05, 4.69) is 21.3 Å². The number of pyridine rings is 1. The highest BCUT2D eigenvalue weighted by Gasteiger charge is 2.10. The standard InChI is InChI=1S/C16H21N3O/c20-13-4-3-5-14-15(6-7-17-16(14)12-13)18-8-11-19-9-1-2-10-19/h4-7,12,18,20H,1-3,8-11H2. The Morgan fingerprint density at radius 3 is 2.95 bits per heavy atom. The van der Waals surface area contributed by atoms with Gasteiger partial charge in [0.25, 0.3) is 0 Å². The van der Waals surface area contributed by atoms with Gasteiger partial charge in [-0.1, -0.05) is 6.08 Å². The Hall–Kier alpha value is -1.81. The number of hydrogen-bond donors (Lipinski definition) is 2. The smallest absolute Gasteiger partial charge is 0.114 e. The second-order valence-electron chi connectivity index (χ2n) is 5.35. The lowest BCUT2D eigenvalue weighted by atomic mass is 10.2. The summed E-state index contributed by atoms with van der Waals surface area (Å²) in [7, 11) is 0. The summed E-state index contributed by atoms with van der Waals surface area (Å²) in [4.78, 5) is 6.83. The first-order valence-electron chi connectivity index (χ1n) is 7.35. The van der Waals surface area contributed by atoms with Gasteiger partial charge in [0.2, 0.25) is 0 Å². The average Bonchev–Trinajstić information content (AvgIpc) is 2.87. The van der Waals surface area contributed by atoms with Crippen molar-refractivity contribution in [1.29, 1.82) is 0 Å². The van der Waals surface area contributed by atoms with Gasteiger partial charge in [-0.05, 0) is 44.5 Å². The fourth-order valence-electron chi connectivity index (χ4n) is 2.82. The van der Waals surface area contributed by atoms with Crippen LogP contribution in [-0.2, 0) is 0 Å². The van der Waals surface area contributed by atoms with Crippen molar-refractivity contribution in [2.45, 2.75) is 19.3 Å². The molecular formula is C16H21N3O. The van der Waals surface area contributed by atoms with Crippen LogP contribution in [0.1, 0.15) is 19.3 Å². The SMILES string of the molecule is OC1=CCC=c2c(NCCN3CCCC3)ccnc2=C1. The van der Waals surface area contributed by atoms with Crippen LogP contribution in [0.5, 0.6) is 0 Å². The Morgan fingerprint density at radius 2 is 2.10 bits per heavy atom. The Kier molecular flexibility index (Phi) is 4.02. The third-order valence-corrected chi connectivity index (χ3v) is 3.90. The Bertz CT molecular complexity index is 615. The van der Waals surface area contributed by atoms with Crippen molar-refractivity contribution in [2.75, 3.05) is 31.5 Å². The number of aliphatic hydroxyl groups excluding tert-OH is 1. The molecule has 0 radical (unpaired) electrons. The Balaban J connectivity index is 1.73. The van der Waals surface area contributed by atoms with Gasteiger partial charge in [-0.25, -0.2) is 0 Å². The lowest BCUT2D eigenvalue weighted by Gasteiger charge is -2.15. The molecule has 0 saturated carbocycles. The fourth-order valence-corrected chi connectivity index (χ4v) is 2.82. The van der Waals surface area contributed by atoms with Crippen LogP contribution in [0, 0.1) is 0 Å². The number of aromatic nitrogens is 1. The zero-order valence-electron chi connectivity index (χ0n) is 11.7.